The first-order chi connectivity index (χ1) is 10.6. The summed E-state index contributed by atoms with van der Waals surface area (Å²) in [6.07, 6.45) is -0.373. The Morgan fingerprint density at radius 1 is 1.50 bits per heavy atom. The zero-order chi connectivity index (χ0) is 15.5. The van der Waals surface area contributed by atoms with Crippen LogP contribution in [0.5, 0.6) is 0 Å². The molecule has 1 saturated heterocycles. The smallest absolute Gasteiger partial charge is 0.322 e. The summed E-state index contributed by atoms with van der Waals surface area (Å²) in [5.74, 6) is 1.18. The fourth-order valence-electron chi connectivity index (χ4n) is 2.13. The van der Waals surface area contributed by atoms with Gasteiger partial charge in [0.1, 0.15) is 0 Å². The van der Waals surface area contributed by atoms with E-state index in [9.17, 15) is 4.79 Å². The third kappa shape index (κ3) is 3.28. The van der Waals surface area contributed by atoms with Gasteiger partial charge in [-0.2, -0.15) is 11.3 Å². The number of anilines is 1. The molecule has 0 unspecified atom stereocenters. The number of aromatic nitrogens is 2. The van der Waals surface area contributed by atoms with E-state index in [1.165, 1.54) is 11.3 Å². The van der Waals surface area contributed by atoms with E-state index in [4.69, 9.17) is 9.15 Å². The highest BCUT2D eigenvalue weighted by Crippen LogP contribution is 2.24. The van der Waals surface area contributed by atoms with Crippen molar-refractivity contribution in [2.45, 2.75) is 25.9 Å². The van der Waals surface area contributed by atoms with Gasteiger partial charge >= 0.3 is 6.03 Å². The SMILES string of the molecule is CC(C)c1nnc([C@H]2CN(C(=O)Nc3ccsc3)CCO2)o1. The van der Waals surface area contributed by atoms with E-state index in [0.29, 0.717) is 31.5 Å². The molecule has 0 spiro atoms. The van der Waals surface area contributed by atoms with Gasteiger partial charge in [0.05, 0.1) is 18.8 Å². The monoisotopic (exact) mass is 322 g/mol. The van der Waals surface area contributed by atoms with Gasteiger partial charge in [0.2, 0.25) is 11.8 Å². The number of thiophene rings is 1. The van der Waals surface area contributed by atoms with Gasteiger partial charge in [0, 0.05) is 17.8 Å². The third-order valence-electron chi connectivity index (χ3n) is 3.35. The molecule has 0 aromatic carbocycles. The first-order valence-electron chi connectivity index (χ1n) is 7.16. The van der Waals surface area contributed by atoms with Crippen molar-refractivity contribution in [3.8, 4) is 0 Å². The van der Waals surface area contributed by atoms with Crippen LogP contribution in [0, 0.1) is 0 Å². The number of hydrogen-bond acceptors (Lipinski definition) is 6. The van der Waals surface area contributed by atoms with E-state index in [1.807, 2.05) is 30.7 Å². The molecule has 2 amide bonds. The van der Waals surface area contributed by atoms with Gasteiger partial charge in [-0.3, -0.25) is 0 Å². The van der Waals surface area contributed by atoms with E-state index in [1.54, 1.807) is 4.90 Å². The van der Waals surface area contributed by atoms with E-state index >= 15 is 0 Å². The molecule has 0 bridgehead atoms. The normalized spacial score (nSPS) is 18.7. The lowest BCUT2D eigenvalue weighted by molar-refractivity contribution is -0.0276. The predicted octanol–water partition coefficient (Wildman–Crippen LogP) is 2.86. The molecule has 1 N–H and O–H groups in total. The van der Waals surface area contributed by atoms with Gasteiger partial charge in [-0.15, -0.1) is 10.2 Å². The highest BCUT2D eigenvalue weighted by Gasteiger charge is 2.29. The number of morpholine rings is 1. The van der Waals surface area contributed by atoms with Gasteiger partial charge in [-0.25, -0.2) is 4.79 Å². The lowest BCUT2D eigenvalue weighted by Crippen LogP contribution is -2.44. The summed E-state index contributed by atoms with van der Waals surface area (Å²) >= 11 is 1.54. The van der Waals surface area contributed by atoms with Crippen LogP contribution in [0.3, 0.4) is 0 Å². The molecule has 2 aromatic heterocycles. The van der Waals surface area contributed by atoms with E-state index < -0.39 is 0 Å². The molecule has 1 atom stereocenters. The molecule has 3 rings (SSSR count). The van der Waals surface area contributed by atoms with Crippen molar-refractivity contribution in [1.82, 2.24) is 15.1 Å². The van der Waals surface area contributed by atoms with Crippen LogP contribution in [-0.4, -0.2) is 40.8 Å². The van der Waals surface area contributed by atoms with Crippen LogP contribution in [-0.2, 0) is 4.74 Å². The molecule has 1 fully saturated rings. The summed E-state index contributed by atoms with van der Waals surface area (Å²) in [6.45, 7) is 5.35. The topological polar surface area (TPSA) is 80.5 Å². The summed E-state index contributed by atoms with van der Waals surface area (Å²) in [7, 11) is 0. The Morgan fingerprint density at radius 3 is 3.05 bits per heavy atom. The van der Waals surface area contributed by atoms with Crippen LogP contribution in [0.4, 0.5) is 10.5 Å². The number of carbonyl (C=O) groups excluding carboxylic acids is 1. The van der Waals surface area contributed by atoms with Gasteiger partial charge in [-0.05, 0) is 11.4 Å². The van der Waals surface area contributed by atoms with Crippen LogP contribution in [0.2, 0.25) is 0 Å². The first kappa shape index (κ1) is 15.0. The van der Waals surface area contributed by atoms with Crippen molar-refractivity contribution in [2.75, 3.05) is 25.0 Å². The maximum absolute atomic E-state index is 12.3. The minimum Gasteiger partial charge on any atom is -0.422 e. The predicted molar refractivity (Wildman–Crippen MR) is 82.0 cm³/mol. The average Bonchev–Trinajstić information content (AvgIpc) is 3.18. The quantitative estimate of drug-likeness (QED) is 0.940. The molecule has 3 heterocycles. The van der Waals surface area contributed by atoms with Crippen LogP contribution in [0.15, 0.2) is 21.2 Å². The molecule has 22 heavy (non-hydrogen) atoms. The van der Waals surface area contributed by atoms with Gasteiger partial charge in [-0.1, -0.05) is 13.8 Å². The highest BCUT2D eigenvalue weighted by atomic mass is 32.1. The van der Waals surface area contributed by atoms with Gasteiger partial charge < -0.3 is 19.4 Å². The minimum atomic E-state index is -0.373. The fourth-order valence-corrected chi connectivity index (χ4v) is 2.72. The van der Waals surface area contributed by atoms with Crippen molar-refractivity contribution in [2.24, 2.45) is 0 Å². The summed E-state index contributed by atoms with van der Waals surface area (Å²) in [6, 6.07) is 1.73. The molecule has 8 heteroatoms. The lowest BCUT2D eigenvalue weighted by Gasteiger charge is -2.31. The zero-order valence-corrected chi connectivity index (χ0v) is 13.3. The Balaban J connectivity index is 1.64. The number of nitrogens with one attached hydrogen (secondary N) is 1. The zero-order valence-electron chi connectivity index (χ0n) is 12.5. The number of ether oxygens (including phenoxy) is 1. The van der Waals surface area contributed by atoms with E-state index in [-0.39, 0.29) is 18.1 Å². The molecule has 2 aromatic rings. The van der Waals surface area contributed by atoms with Crippen molar-refractivity contribution in [3.05, 3.63) is 28.6 Å². The molecule has 118 valence electrons. The van der Waals surface area contributed by atoms with Crippen molar-refractivity contribution in [3.63, 3.8) is 0 Å². The Kier molecular flexibility index (Phi) is 4.39. The van der Waals surface area contributed by atoms with Crippen molar-refractivity contribution >= 4 is 23.1 Å². The van der Waals surface area contributed by atoms with Crippen molar-refractivity contribution < 1.29 is 13.9 Å². The standard InChI is InChI=1S/C14H18N4O3S/c1-9(2)12-16-17-13(21-12)11-7-18(4-5-20-11)14(19)15-10-3-6-22-8-10/h3,6,8-9,11H,4-5,7H2,1-2H3,(H,15,19)/t11-/m1/s1. The highest BCUT2D eigenvalue weighted by molar-refractivity contribution is 7.08. The number of nitrogens with zero attached hydrogens (tertiary/aromatic N) is 3. The summed E-state index contributed by atoms with van der Waals surface area (Å²) in [4.78, 5) is 14.0. The lowest BCUT2D eigenvalue weighted by atomic mass is 10.2. The maximum atomic E-state index is 12.3. The van der Waals surface area contributed by atoms with Crippen molar-refractivity contribution in [1.29, 1.82) is 0 Å². The van der Waals surface area contributed by atoms with Crippen LogP contribution < -0.4 is 5.32 Å². The maximum Gasteiger partial charge on any atom is 0.322 e. The van der Waals surface area contributed by atoms with Crippen LogP contribution in [0.25, 0.3) is 0 Å². The summed E-state index contributed by atoms with van der Waals surface area (Å²) in [5, 5.41) is 14.7. The molecular weight excluding hydrogens is 304 g/mol. The third-order valence-corrected chi connectivity index (χ3v) is 4.03. The summed E-state index contributed by atoms with van der Waals surface area (Å²) in [5.41, 5.74) is 0.804. The van der Waals surface area contributed by atoms with Crippen LogP contribution >= 0.6 is 11.3 Å². The molecule has 1 aliphatic heterocycles. The fraction of sp³-hybridized carbons (Fsp3) is 0.500. The molecule has 0 saturated carbocycles. The van der Waals surface area contributed by atoms with E-state index in [2.05, 4.69) is 15.5 Å². The largest absolute Gasteiger partial charge is 0.422 e. The molecule has 0 radical (unpaired) electrons. The van der Waals surface area contributed by atoms with Gasteiger partial charge in [0.25, 0.3) is 0 Å². The molecule has 7 nitrogen and oxygen atoms in total. The Morgan fingerprint density at radius 2 is 2.36 bits per heavy atom. The average molecular weight is 322 g/mol. The Labute approximate surface area is 132 Å². The Hall–Kier alpha value is -1.93. The second-order valence-corrected chi connectivity index (χ2v) is 6.16. The Bertz CT molecular complexity index is 626. The number of amides is 2. The minimum absolute atomic E-state index is 0.143. The number of hydrogen-bond donors (Lipinski definition) is 1. The second kappa shape index (κ2) is 6.45. The number of urea groups is 1. The second-order valence-electron chi connectivity index (χ2n) is 5.38. The molecule has 0 aliphatic carbocycles. The summed E-state index contributed by atoms with van der Waals surface area (Å²) < 4.78 is 11.3. The molecular formula is C14H18N4O3S. The molecule has 1 aliphatic rings. The first-order valence-corrected chi connectivity index (χ1v) is 8.11. The van der Waals surface area contributed by atoms with Gasteiger partial charge in [0.15, 0.2) is 6.10 Å². The number of rotatable bonds is 3. The van der Waals surface area contributed by atoms with Crippen LogP contribution in [0.1, 0.15) is 37.7 Å². The number of carbonyl (C=O) groups is 1. The van der Waals surface area contributed by atoms with E-state index in [0.717, 1.165) is 5.69 Å².